The van der Waals surface area contributed by atoms with Crippen LogP contribution in [0.5, 0.6) is 5.75 Å². The largest absolute Gasteiger partial charge is 0.484 e. The highest BCUT2D eigenvalue weighted by Gasteiger charge is 2.28. The van der Waals surface area contributed by atoms with Crippen LogP contribution in [0.2, 0.25) is 0 Å². The van der Waals surface area contributed by atoms with Crippen molar-refractivity contribution in [2.75, 3.05) is 6.61 Å². The third-order valence-corrected chi connectivity index (χ3v) is 4.77. The smallest absolute Gasteiger partial charge is 0.258 e. The van der Waals surface area contributed by atoms with Crippen LogP contribution >= 0.6 is 0 Å². The third kappa shape index (κ3) is 3.57. The SMILES string of the molecule is Cc1cccc(OCC(=O)NCc2ccc3c(c2)nc(C2CC2)n3C)c1. The van der Waals surface area contributed by atoms with E-state index in [9.17, 15) is 4.79 Å². The number of hydrogen-bond acceptors (Lipinski definition) is 3. The summed E-state index contributed by atoms with van der Waals surface area (Å²) in [5.41, 5.74) is 4.29. The van der Waals surface area contributed by atoms with Crippen LogP contribution in [-0.4, -0.2) is 22.1 Å². The number of rotatable bonds is 6. The summed E-state index contributed by atoms with van der Waals surface area (Å²) in [5.74, 6) is 2.37. The molecule has 5 heteroatoms. The van der Waals surface area contributed by atoms with Crippen molar-refractivity contribution in [1.29, 1.82) is 0 Å². The van der Waals surface area contributed by atoms with Crippen molar-refractivity contribution in [2.45, 2.75) is 32.2 Å². The van der Waals surface area contributed by atoms with E-state index in [2.05, 4.69) is 29.1 Å². The van der Waals surface area contributed by atoms with Gasteiger partial charge in [-0.2, -0.15) is 0 Å². The van der Waals surface area contributed by atoms with E-state index in [0.717, 1.165) is 22.2 Å². The average molecular weight is 349 g/mol. The summed E-state index contributed by atoms with van der Waals surface area (Å²) in [4.78, 5) is 16.8. The molecule has 1 heterocycles. The molecule has 134 valence electrons. The molecule has 0 saturated heterocycles. The van der Waals surface area contributed by atoms with E-state index in [-0.39, 0.29) is 12.5 Å². The molecule has 1 fully saturated rings. The molecule has 4 rings (SSSR count). The second-order valence-electron chi connectivity index (χ2n) is 7.01. The van der Waals surface area contributed by atoms with Crippen molar-refractivity contribution in [3.8, 4) is 5.75 Å². The zero-order valence-corrected chi connectivity index (χ0v) is 15.2. The Morgan fingerprint density at radius 3 is 2.88 bits per heavy atom. The number of aromatic nitrogens is 2. The predicted molar refractivity (Wildman–Crippen MR) is 101 cm³/mol. The summed E-state index contributed by atoms with van der Waals surface area (Å²) in [6.45, 7) is 2.48. The standard InChI is InChI=1S/C21H23N3O2/c1-14-4-3-5-17(10-14)26-13-20(25)22-12-15-6-9-19-18(11-15)23-21(24(19)2)16-7-8-16/h3-6,9-11,16H,7-8,12-13H2,1-2H3,(H,22,25). The van der Waals surface area contributed by atoms with Crippen molar-refractivity contribution in [3.63, 3.8) is 0 Å². The van der Waals surface area contributed by atoms with E-state index < -0.39 is 0 Å². The molecule has 5 nitrogen and oxygen atoms in total. The molecule has 2 aromatic carbocycles. The van der Waals surface area contributed by atoms with Gasteiger partial charge >= 0.3 is 0 Å². The van der Waals surface area contributed by atoms with Crippen LogP contribution in [0.15, 0.2) is 42.5 Å². The first kappa shape index (κ1) is 16.6. The van der Waals surface area contributed by atoms with Gasteiger partial charge in [-0.1, -0.05) is 18.2 Å². The van der Waals surface area contributed by atoms with Gasteiger partial charge in [0.2, 0.25) is 0 Å². The quantitative estimate of drug-likeness (QED) is 0.741. The first-order valence-corrected chi connectivity index (χ1v) is 9.01. The van der Waals surface area contributed by atoms with Gasteiger partial charge in [0.05, 0.1) is 11.0 Å². The Balaban J connectivity index is 1.35. The zero-order chi connectivity index (χ0) is 18.1. The molecule has 0 unspecified atom stereocenters. The highest BCUT2D eigenvalue weighted by molar-refractivity contribution is 5.79. The molecule has 0 atom stereocenters. The van der Waals surface area contributed by atoms with Gasteiger partial charge in [0.15, 0.2) is 6.61 Å². The molecule has 0 bridgehead atoms. The van der Waals surface area contributed by atoms with Crippen molar-refractivity contribution in [1.82, 2.24) is 14.9 Å². The Labute approximate surface area is 153 Å². The molecular weight excluding hydrogens is 326 g/mol. The summed E-state index contributed by atoms with van der Waals surface area (Å²) >= 11 is 0. The van der Waals surface area contributed by atoms with Crippen LogP contribution in [0.1, 0.15) is 35.7 Å². The first-order valence-electron chi connectivity index (χ1n) is 9.01. The fourth-order valence-electron chi connectivity index (χ4n) is 3.19. The van der Waals surface area contributed by atoms with Crippen molar-refractivity contribution < 1.29 is 9.53 Å². The van der Waals surface area contributed by atoms with Crippen molar-refractivity contribution >= 4 is 16.9 Å². The van der Waals surface area contributed by atoms with Gasteiger partial charge in [0, 0.05) is 19.5 Å². The van der Waals surface area contributed by atoms with E-state index in [0.29, 0.717) is 18.2 Å². The number of amides is 1. The first-order chi connectivity index (χ1) is 12.6. The fraction of sp³-hybridized carbons (Fsp3) is 0.333. The number of imidazole rings is 1. The van der Waals surface area contributed by atoms with Gasteiger partial charge < -0.3 is 14.6 Å². The second-order valence-corrected chi connectivity index (χ2v) is 7.01. The zero-order valence-electron chi connectivity index (χ0n) is 15.2. The van der Waals surface area contributed by atoms with Crippen LogP contribution in [0.25, 0.3) is 11.0 Å². The van der Waals surface area contributed by atoms with E-state index in [4.69, 9.17) is 9.72 Å². The van der Waals surface area contributed by atoms with Gasteiger partial charge in [-0.15, -0.1) is 0 Å². The maximum Gasteiger partial charge on any atom is 0.258 e. The van der Waals surface area contributed by atoms with Crippen molar-refractivity contribution in [2.24, 2.45) is 7.05 Å². The number of ether oxygens (including phenoxy) is 1. The minimum absolute atomic E-state index is 0.0150. The Morgan fingerprint density at radius 2 is 2.12 bits per heavy atom. The third-order valence-electron chi connectivity index (χ3n) is 4.77. The maximum atomic E-state index is 12.0. The summed E-state index contributed by atoms with van der Waals surface area (Å²) in [7, 11) is 2.08. The molecule has 1 N–H and O–H groups in total. The summed E-state index contributed by atoms with van der Waals surface area (Å²) in [6, 6.07) is 13.9. The number of nitrogens with one attached hydrogen (secondary N) is 1. The lowest BCUT2D eigenvalue weighted by Gasteiger charge is -2.08. The minimum Gasteiger partial charge on any atom is -0.484 e. The van der Waals surface area contributed by atoms with E-state index in [1.807, 2.05) is 37.3 Å². The second kappa shape index (κ2) is 6.83. The highest BCUT2D eigenvalue weighted by atomic mass is 16.5. The summed E-state index contributed by atoms with van der Waals surface area (Å²) < 4.78 is 7.72. The molecule has 1 saturated carbocycles. The molecule has 3 aromatic rings. The number of fused-ring (bicyclic) bond motifs is 1. The number of aryl methyl sites for hydroxylation is 2. The molecule has 1 aliphatic rings. The molecule has 0 spiro atoms. The van der Waals surface area contributed by atoms with Crippen LogP contribution in [0.4, 0.5) is 0 Å². The Kier molecular flexibility index (Phi) is 4.37. The number of benzene rings is 2. The van der Waals surface area contributed by atoms with E-state index >= 15 is 0 Å². The average Bonchev–Trinajstić information content (AvgIpc) is 3.42. The minimum atomic E-state index is -0.133. The number of carbonyl (C=O) groups is 1. The molecule has 1 aromatic heterocycles. The molecule has 26 heavy (non-hydrogen) atoms. The summed E-state index contributed by atoms with van der Waals surface area (Å²) in [6.07, 6.45) is 2.47. The van der Waals surface area contributed by atoms with Gasteiger partial charge in [0.25, 0.3) is 5.91 Å². The van der Waals surface area contributed by atoms with Crippen LogP contribution in [0.3, 0.4) is 0 Å². The van der Waals surface area contributed by atoms with Gasteiger partial charge in [-0.3, -0.25) is 4.79 Å². The lowest BCUT2D eigenvalue weighted by atomic mass is 10.2. The van der Waals surface area contributed by atoms with Crippen molar-refractivity contribution in [3.05, 3.63) is 59.4 Å². The molecular formula is C21H23N3O2. The van der Waals surface area contributed by atoms with E-state index in [1.54, 1.807) is 0 Å². The van der Waals surface area contributed by atoms with Crippen LogP contribution in [-0.2, 0) is 18.4 Å². The van der Waals surface area contributed by atoms with E-state index in [1.165, 1.54) is 18.7 Å². The number of nitrogens with zero attached hydrogens (tertiary/aromatic N) is 2. The Morgan fingerprint density at radius 1 is 1.27 bits per heavy atom. The Bertz CT molecular complexity index is 957. The Hall–Kier alpha value is -2.82. The predicted octanol–water partition coefficient (Wildman–Crippen LogP) is 3.45. The number of carbonyl (C=O) groups excluding carboxylic acids is 1. The lowest BCUT2D eigenvalue weighted by molar-refractivity contribution is -0.123. The van der Waals surface area contributed by atoms with Gasteiger partial charge in [-0.25, -0.2) is 4.98 Å². The van der Waals surface area contributed by atoms with Crippen LogP contribution in [0, 0.1) is 6.92 Å². The maximum absolute atomic E-state index is 12.0. The van der Waals surface area contributed by atoms with Crippen LogP contribution < -0.4 is 10.1 Å². The monoisotopic (exact) mass is 349 g/mol. The normalized spacial score (nSPS) is 13.8. The molecule has 1 aliphatic carbocycles. The highest BCUT2D eigenvalue weighted by Crippen LogP contribution is 2.40. The fourth-order valence-corrected chi connectivity index (χ4v) is 3.19. The van der Waals surface area contributed by atoms with Gasteiger partial charge in [-0.05, 0) is 55.2 Å². The summed E-state index contributed by atoms with van der Waals surface area (Å²) in [5, 5.41) is 2.91. The lowest BCUT2D eigenvalue weighted by Crippen LogP contribution is -2.28. The molecule has 1 amide bonds. The number of hydrogen-bond donors (Lipinski definition) is 1. The topological polar surface area (TPSA) is 56.1 Å². The molecule has 0 radical (unpaired) electrons. The molecule has 0 aliphatic heterocycles. The van der Waals surface area contributed by atoms with Gasteiger partial charge in [0.1, 0.15) is 11.6 Å².